The van der Waals surface area contributed by atoms with Crippen LogP contribution in [-0.2, 0) is 81.8 Å². The second kappa shape index (κ2) is 21.3. The van der Waals surface area contributed by atoms with Crippen LogP contribution in [0.1, 0.15) is 5.82 Å². The Labute approximate surface area is 393 Å². The standard InChI is InChI=1S/C23H18F2N2O2S.C20H13F2N2.3CH3.2Y/c1-3-13-27-19-14-18(24)20(21(25)22(19)26-23(27)30(2,28)29)17-11-9-16(10-12-17)15-7-5-4-6-8-15;1-12-23-17-11-16(21)18(19(22)20(17)24-12)15-9-7-14(8-10-15)13-5-3-2-4-6-13;;;;;/h3-12,14H,1,13H2,2H3;2-11H,1H2,(H,23,24);3*1H3;;/q;4*-1;;. The molecule has 0 atom stereocenters. The quantitative estimate of drug-likeness (QED) is 0.0980. The van der Waals surface area contributed by atoms with Gasteiger partial charge in [-0.2, -0.15) is 0 Å². The first kappa shape index (κ1) is 50.9. The van der Waals surface area contributed by atoms with Crippen molar-refractivity contribution in [2.24, 2.45) is 0 Å². The van der Waals surface area contributed by atoms with E-state index in [4.69, 9.17) is 0 Å². The Balaban J connectivity index is 0.000000382. The van der Waals surface area contributed by atoms with Gasteiger partial charge in [-0.3, -0.25) is 4.98 Å². The Morgan fingerprint density at radius 3 is 1.49 bits per heavy atom. The Bertz CT molecular complexity index is 2780. The summed E-state index contributed by atoms with van der Waals surface area (Å²) in [7, 11) is -3.75. The van der Waals surface area contributed by atoms with Crippen molar-refractivity contribution in [3.05, 3.63) is 192 Å². The Hall–Kier alpha value is -4.25. The molecule has 0 spiro atoms. The fraction of sp³-hybridized carbons (Fsp3) is 0.0435. The van der Waals surface area contributed by atoms with E-state index < -0.39 is 33.1 Å². The van der Waals surface area contributed by atoms with Crippen molar-refractivity contribution < 1.29 is 91.4 Å². The Kier molecular flexibility index (Phi) is 18.4. The molecule has 0 fully saturated rings. The third-order valence-electron chi connectivity index (χ3n) is 8.82. The molecule has 0 aliphatic carbocycles. The van der Waals surface area contributed by atoms with E-state index in [1.165, 1.54) is 16.7 Å². The molecular formula is C46H40F4N4O2SY2-4. The minimum Gasteiger partial charge on any atom is -0.368 e. The molecule has 59 heavy (non-hydrogen) atoms. The molecule has 0 saturated carbocycles. The van der Waals surface area contributed by atoms with E-state index in [0.717, 1.165) is 34.6 Å². The minimum absolute atomic E-state index is 0. The zero-order valence-corrected chi connectivity index (χ0v) is 39.5. The van der Waals surface area contributed by atoms with E-state index in [1.54, 1.807) is 36.4 Å². The number of fused-ring (bicyclic) bond motifs is 2. The van der Waals surface area contributed by atoms with Crippen LogP contribution in [0.3, 0.4) is 0 Å². The van der Waals surface area contributed by atoms with Crippen molar-refractivity contribution >= 4 is 31.9 Å². The number of benzene rings is 6. The van der Waals surface area contributed by atoms with Gasteiger partial charge in [-0.25, -0.2) is 31.0 Å². The second-order valence-electron chi connectivity index (χ2n) is 12.5. The first-order valence-electron chi connectivity index (χ1n) is 16.6. The Morgan fingerprint density at radius 1 is 0.644 bits per heavy atom. The number of sulfone groups is 1. The maximum atomic E-state index is 15.3. The summed E-state index contributed by atoms with van der Waals surface area (Å²) in [4.78, 5) is 10.7. The molecule has 6 nitrogen and oxygen atoms in total. The summed E-state index contributed by atoms with van der Waals surface area (Å²) in [6.45, 7) is 7.26. The van der Waals surface area contributed by atoms with Gasteiger partial charge in [-0.1, -0.05) is 115 Å². The van der Waals surface area contributed by atoms with Gasteiger partial charge in [0.15, 0.2) is 11.6 Å². The van der Waals surface area contributed by atoms with E-state index >= 15 is 4.39 Å². The molecule has 2 radical (unpaired) electrons. The SMILES string of the molecule is C=CCn1c(S(C)(=O)=O)nc2c(F)c(-c3ccc(-c4ccccc4)cc3)c(F)cc21.[CH2-]c1nc2c(F)c(-c3ccc(-c4ccccc4)cc3)c(F)cc2[nH]1.[CH3-].[CH3-].[CH3-].[Y].[Y]. The van der Waals surface area contributed by atoms with Gasteiger partial charge in [-0.15, -0.1) is 6.58 Å². The number of aromatic amines is 1. The van der Waals surface area contributed by atoms with Gasteiger partial charge < -0.3 is 38.8 Å². The van der Waals surface area contributed by atoms with Crippen LogP contribution >= 0.6 is 0 Å². The summed E-state index contributed by atoms with van der Waals surface area (Å²) in [5.41, 5.74) is 4.71. The van der Waals surface area contributed by atoms with Crippen molar-refractivity contribution in [1.82, 2.24) is 19.5 Å². The number of halogens is 4. The molecule has 6 aromatic carbocycles. The van der Waals surface area contributed by atoms with E-state index in [-0.39, 0.29) is 127 Å². The van der Waals surface area contributed by atoms with E-state index in [9.17, 15) is 21.6 Å². The van der Waals surface area contributed by atoms with Crippen LogP contribution < -0.4 is 0 Å². The average Bonchev–Trinajstić information content (AvgIpc) is 3.73. The van der Waals surface area contributed by atoms with Gasteiger partial charge in [0.1, 0.15) is 22.7 Å². The summed E-state index contributed by atoms with van der Waals surface area (Å²) in [6, 6.07) is 35.8. The van der Waals surface area contributed by atoms with Crippen molar-refractivity contribution in [1.29, 1.82) is 0 Å². The summed E-state index contributed by atoms with van der Waals surface area (Å²) >= 11 is 0. The van der Waals surface area contributed by atoms with Crippen LogP contribution in [0.4, 0.5) is 17.6 Å². The monoisotopic (exact) mass is 966 g/mol. The van der Waals surface area contributed by atoms with Crippen LogP contribution in [0.25, 0.3) is 66.6 Å². The molecule has 0 aliphatic heterocycles. The van der Waals surface area contributed by atoms with Gasteiger partial charge >= 0.3 is 0 Å². The predicted octanol–water partition coefficient (Wildman–Crippen LogP) is 11.9. The molecule has 2 heterocycles. The van der Waals surface area contributed by atoms with E-state index in [1.807, 2.05) is 72.8 Å². The molecule has 8 aromatic rings. The molecule has 8 rings (SSSR count). The van der Waals surface area contributed by atoms with Gasteiger partial charge in [0.05, 0.1) is 22.2 Å². The second-order valence-corrected chi connectivity index (χ2v) is 14.4. The number of hydrogen-bond donors (Lipinski definition) is 1. The van der Waals surface area contributed by atoms with Crippen LogP contribution in [0.2, 0.25) is 0 Å². The van der Waals surface area contributed by atoms with Crippen molar-refractivity contribution in [3.8, 4) is 44.5 Å². The fourth-order valence-electron chi connectivity index (χ4n) is 6.34. The fourth-order valence-corrected chi connectivity index (χ4v) is 7.17. The normalized spacial score (nSPS) is 10.5. The maximum Gasteiger partial charge on any atom is 0.228 e. The average molecular weight is 967 g/mol. The first-order valence-corrected chi connectivity index (χ1v) is 18.5. The van der Waals surface area contributed by atoms with Crippen molar-refractivity contribution in [3.63, 3.8) is 0 Å². The van der Waals surface area contributed by atoms with Gasteiger partial charge in [0, 0.05) is 90.4 Å². The molecule has 300 valence electrons. The molecule has 1 N–H and O–H groups in total. The summed E-state index contributed by atoms with van der Waals surface area (Å²) in [5.74, 6) is -2.69. The van der Waals surface area contributed by atoms with Crippen molar-refractivity contribution in [2.75, 3.05) is 6.26 Å². The molecule has 0 aliphatic rings. The minimum atomic E-state index is -3.75. The largest absolute Gasteiger partial charge is 0.368 e. The maximum absolute atomic E-state index is 15.3. The topological polar surface area (TPSA) is 80.6 Å². The predicted molar refractivity (Wildman–Crippen MR) is 224 cm³/mol. The number of allylic oxidation sites excluding steroid dienone is 1. The number of imidazole rings is 2. The van der Waals surface area contributed by atoms with Gasteiger partial charge in [0.2, 0.25) is 15.0 Å². The summed E-state index contributed by atoms with van der Waals surface area (Å²) in [5, 5.41) is -0.327. The summed E-state index contributed by atoms with van der Waals surface area (Å²) in [6.07, 6.45) is 2.42. The van der Waals surface area contributed by atoms with Crippen LogP contribution in [0.5, 0.6) is 0 Å². The number of H-pyrrole nitrogens is 1. The third kappa shape index (κ3) is 10.6. The molecule has 2 aromatic heterocycles. The molecule has 0 unspecified atom stereocenters. The first-order chi connectivity index (χ1) is 25.9. The van der Waals surface area contributed by atoms with Crippen molar-refractivity contribution in [2.45, 2.75) is 11.7 Å². The number of nitrogens with one attached hydrogen (secondary N) is 1. The Morgan fingerprint density at radius 2 is 1.05 bits per heavy atom. The molecule has 0 saturated heterocycles. The number of rotatable bonds is 7. The third-order valence-corrected chi connectivity index (χ3v) is 9.80. The van der Waals surface area contributed by atoms with E-state index in [2.05, 4.69) is 28.5 Å². The zero-order valence-electron chi connectivity index (χ0n) is 33.0. The molecule has 0 bridgehead atoms. The number of nitrogens with zero attached hydrogens (tertiary/aromatic N) is 3. The van der Waals surface area contributed by atoms with Crippen LogP contribution in [-0.4, -0.2) is 34.2 Å². The van der Waals surface area contributed by atoms with Gasteiger partial charge in [-0.05, 0) is 39.2 Å². The van der Waals surface area contributed by atoms with Crippen LogP contribution in [0, 0.1) is 52.5 Å². The molecule has 0 amide bonds. The molecular weight excluding hydrogens is 926 g/mol. The van der Waals surface area contributed by atoms with E-state index in [0.29, 0.717) is 22.5 Å². The number of hydrogen-bond acceptors (Lipinski definition) is 4. The zero-order chi connectivity index (χ0) is 38.1. The smallest absolute Gasteiger partial charge is 0.228 e. The summed E-state index contributed by atoms with van der Waals surface area (Å²) < 4.78 is 84.8. The van der Waals surface area contributed by atoms with Gasteiger partial charge in [0.25, 0.3) is 0 Å². The number of aromatic nitrogens is 4. The van der Waals surface area contributed by atoms with Crippen LogP contribution in [0.15, 0.2) is 139 Å². The molecule has 13 heteroatoms.